The predicted octanol–water partition coefficient (Wildman–Crippen LogP) is 4.42. The normalized spacial score (nSPS) is 25.1. The third-order valence-electron chi connectivity index (χ3n) is 5.95. The summed E-state index contributed by atoms with van der Waals surface area (Å²) in [4.78, 5) is 10.5. The summed E-state index contributed by atoms with van der Waals surface area (Å²) in [6, 6.07) is 4.23. The van der Waals surface area contributed by atoms with Crippen molar-refractivity contribution in [2.75, 3.05) is 0 Å². The zero-order valence-corrected chi connectivity index (χ0v) is 17.8. The van der Waals surface area contributed by atoms with Gasteiger partial charge in [-0.2, -0.15) is 0 Å². The second kappa shape index (κ2) is 12.4. The van der Waals surface area contributed by atoms with Gasteiger partial charge in [0.1, 0.15) is 5.82 Å². The largest absolute Gasteiger partial charge is 0.481 e. The molecule has 168 valence electrons. The van der Waals surface area contributed by atoms with Gasteiger partial charge in [-0.3, -0.25) is 4.79 Å². The average Bonchev–Trinajstić information content (AvgIpc) is 2.95. The number of benzene rings is 1. The van der Waals surface area contributed by atoms with Crippen LogP contribution in [0.4, 0.5) is 4.39 Å². The minimum Gasteiger partial charge on any atom is -0.481 e. The minimum atomic E-state index is -0.787. The molecule has 0 spiro atoms. The predicted molar refractivity (Wildman–Crippen MR) is 115 cm³/mol. The summed E-state index contributed by atoms with van der Waals surface area (Å²) < 4.78 is 13.8. The van der Waals surface area contributed by atoms with Crippen molar-refractivity contribution >= 4 is 23.6 Å². The van der Waals surface area contributed by atoms with E-state index in [1.54, 1.807) is 0 Å². The fraction of sp³-hybridized carbons (Fsp3) is 0.609. The average molecular weight is 443 g/mol. The summed E-state index contributed by atoms with van der Waals surface area (Å²) >= 11 is 5.87. The van der Waals surface area contributed by atoms with Crippen LogP contribution < -0.4 is 0 Å². The van der Waals surface area contributed by atoms with Gasteiger partial charge in [0.05, 0.1) is 18.3 Å². The maximum Gasteiger partial charge on any atom is 0.303 e. The standard InChI is InChI=1S/C23H32ClFO5/c24-16-8-12-20(25)15(13-16)7-9-17(26)10-11-19-18(21(27)14-22(19)28)5-3-1-2-4-6-23(29)30/h7-9,12-13,17-19,21-22,26-28H,1-6,10-11,14H2,(H,29,30)/b9-7+/t17?,18-,19?,21+,22-/m1/s1. The smallest absolute Gasteiger partial charge is 0.303 e. The topological polar surface area (TPSA) is 98.0 Å². The number of carboxylic acid groups (broad SMARTS) is 1. The van der Waals surface area contributed by atoms with Gasteiger partial charge in [0, 0.05) is 17.0 Å². The fourth-order valence-corrected chi connectivity index (χ4v) is 4.49. The SMILES string of the molecule is O=C(O)CCCCCC[C@@H]1C(CCC(O)/C=C/c2cc(Cl)ccc2F)[C@H](O)C[C@@H]1O. The zero-order valence-electron chi connectivity index (χ0n) is 17.1. The summed E-state index contributed by atoms with van der Waals surface area (Å²) in [5.74, 6) is -1.32. The van der Waals surface area contributed by atoms with Crippen LogP contribution in [0, 0.1) is 17.7 Å². The molecule has 5 nitrogen and oxygen atoms in total. The molecule has 7 heteroatoms. The molecular formula is C23H32ClFO5. The molecule has 0 amide bonds. The molecule has 0 aliphatic heterocycles. The van der Waals surface area contributed by atoms with Gasteiger partial charge in [-0.05, 0) is 62.1 Å². The van der Waals surface area contributed by atoms with Crippen LogP contribution >= 0.6 is 11.6 Å². The van der Waals surface area contributed by atoms with Crippen molar-refractivity contribution in [1.82, 2.24) is 0 Å². The molecule has 1 aromatic rings. The number of rotatable bonds is 12. The second-order valence-corrected chi connectivity index (χ2v) is 8.65. The van der Waals surface area contributed by atoms with E-state index in [0.717, 1.165) is 25.7 Å². The zero-order chi connectivity index (χ0) is 22.1. The molecule has 0 bridgehead atoms. The monoisotopic (exact) mass is 442 g/mol. The highest BCUT2D eigenvalue weighted by Gasteiger charge is 2.40. The van der Waals surface area contributed by atoms with E-state index < -0.39 is 30.1 Å². The Bertz CT molecular complexity index is 711. The molecule has 0 saturated heterocycles. The Balaban J connectivity index is 1.80. The third-order valence-corrected chi connectivity index (χ3v) is 6.19. The van der Waals surface area contributed by atoms with Crippen LogP contribution in [0.1, 0.15) is 63.4 Å². The molecule has 1 aliphatic carbocycles. The molecule has 2 unspecified atom stereocenters. The Morgan fingerprint density at radius 2 is 1.80 bits per heavy atom. The van der Waals surface area contributed by atoms with E-state index in [1.165, 1.54) is 30.4 Å². The molecule has 0 aromatic heterocycles. The molecule has 5 atom stereocenters. The highest BCUT2D eigenvalue weighted by atomic mass is 35.5. The van der Waals surface area contributed by atoms with E-state index >= 15 is 0 Å². The van der Waals surface area contributed by atoms with Crippen molar-refractivity contribution in [1.29, 1.82) is 0 Å². The maximum absolute atomic E-state index is 13.8. The van der Waals surface area contributed by atoms with Crippen molar-refractivity contribution < 1.29 is 29.6 Å². The number of carbonyl (C=O) groups is 1. The van der Waals surface area contributed by atoms with Crippen LogP contribution in [0.5, 0.6) is 0 Å². The summed E-state index contributed by atoms with van der Waals surface area (Å²) in [6.07, 6.45) is 6.60. The lowest BCUT2D eigenvalue weighted by Gasteiger charge is -2.24. The van der Waals surface area contributed by atoms with Crippen molar-refractivity contribution in [3.63, 3.8) is 0 Å². The Kier molecular flexibility index (Phi) is 10.2. The van der Waals surface area contributed by atoms with Gasteiger partial charge >= 0.3 is 5.97 Å². The van der Waals surface area contributed by atoms with Crippen molar-refractivity contribution in [2.24, 2.45) is 11.8 Å². The van der Waals surface area contributed by atoms with Gasteiger partial charge in [0.25, 0.3) is 0 Å². The Morgan fingerprint density at radius 1 is 1.13 bits per heavy atom. The molecule has 1 fully saturated rings. The van der Waals surface area contributed by atoms with E-state index in [1.807, 2.05) is 0 Å². The van der Waals surface area contributed by atoms with Crippen molar-refractivity contribution in [3.8, 4) is 0 Å². The van der Waals surface area contributed by atoms with Gasteiger partial charge < -0.3 is 20.4 Å². The first kappa shape index (κ1) is 24.8. The van der Waals surface area contributed by atoms with Gasteiger partial charge in [-0.1, -0.05) is 43.0 Å². The van der Waals surface area contributed by atoms with E-state index in [9.17, 15) is 24.5 Å². The van der Waals surface area contributed by atoms with Crippen LogP contribution in [0.3, 0.4) is 0 Å². The number of aliphatic carboxylic acids is 1. The van der Waals surface area contributed by atoms with Gasteiger partial charge in [-0.15, -0.1) is 0 Å². The van der Waals surface area contributed by atoms with E-state index in [2.05, 4.69) is 0 Å². The van der Waals surface area contributed by atoms with Crippen LogP contribution in [0.15, 0.2) is 24.3 Å². The summed E-state index contributed by atoms with van der Waals surface area (Å²) in [7, 11) is 0. The van der Waals surface area contributed by atoms with E-state index in [-0.39, 0.29) is 18.3 Å². The third kappa shape index (κ3) is 7.99. The van der Waals surface area contributed by atoms with Crippen LogP contribution in [0.2, 0.25) is 5.02 Å². The first-order chi connectivity index (χ1) is 14.3. The number of carboxylic acids is 1. The van der Waals surface area contributed by atoms with Crippen molar-refractivity contribution in [3.05, 3.63) is 40.7 Å². The minimum absolute atomic E-state index is 0.0268. The highest BCUT2D eigenvalue weighted by Crippen LogP contribution is 2.39. The van der Waals surface area contributed by atoms with Gasteiger partial charge in [0.2, 0.25) is 0 Å². The van der Waals surface area contributed by atoms with E-state index in [0.29, 0.717) is 36.3 Å². The van der Waals surface area contributed by atoms with Crippen LogP contribution in [-0.2, 0) is 4.79 Å². The maximum atomic E-state index is 13.8. The first-order valence-corrected chi connectivity index (χ1v) is 11.0. The molecule has 0 heterocycles. The fourth-order valence-electron chi connectivity index (χ4n) is 4.31. The molecule has 2 rings (SSSR count). The Hall–Kier alpha value is -1.47. The lowest BCUT2D eigenvalue weighted by Crippen LogP contribution is -2.23. The number of hydrogen-bond donors (Lipinski definition) is 4. The molecule has 0 radical (unpaired) electrons. The van der Waals surface area contributed by atoms with Crippen LogP contribution in [-0.4, -0.2) is 44.7 Å². The highest BCUT2D eigenvalue weighted by molar-refractivity contribution is 6.30. The lowest BCUT2D eigenvalue weighted by molar-refractivity contribution is -0.137. The summed E-state index contributed by atoms with van der Waals surface area (Å²) in [5.41, 5.74) is 0.304. The molecule has 1 aromatic carbocycles. The quantitative estimate of drug-likeness (QED) is 0.359. The first-order valence-electron chi connectivity index (χ1n) is 10.7. The molecule has 4 N–H and O–H groups in total. The number of aliphatic hydroxyl groups excluding tert-OH is 3. The van der Waals surface area contributed by atoms with E-state index in [4.69, 9.17) is 16.7 Å². The Morgan fingerprint density at radius 3 is 2.50 bits per heavy atom. The lowest BCUT2D eigenvalue weighted by atomic mass is 9.85. The molecular weight excluding hydrogens is 411 g/mol. The molecule has 30 heavy (non-hydrogen) atoms. The van der Waals surface area contributed by atoms with Gasteiger partial charge in [0.15, 0.2) is 0 Å². The molecule has 1 saturated carbocycles. The Labute approximate surface area is 182 Å². The van der Waals surface area contributed by atoms with Crippen LogP contribution in [0.25, 0.3) is 6.08 Å². The van der Waals surface area contributed by atoms with Gasteiger partial charge in [-0.25, -0.2) is 4.39 Å². The number of hydrogen-bond acceptors (Lipinski definition) is 4. The second-order valence-electron chi connectivity index (χ2n) is 8.21. The number of aliphatic hydroxyl groups is 3. The number of unbranched alkanes of at least 4 members (excludes halogenated alkanes) is 3. The van der Waals surface area contributed by atoms with Crippen molar-refractivity contribution in [2.45, 2.75) is 76.1 Å². The molecule has 1 aliphatic rings. The summed E-state index contributed by atoms with van der Waals surface area (Å²) in [5, 5.41) is 40.0. The summed E-state index contributed by atoms with van der Waals surface area (Å²) in [6.45, 7) is 0. The number of halogens is 2.